The van der Waals surface area contributed by atoms with Crippen LogP contribution in [0, 0.1) is 42.0 Å². The number of thioether (sulfide) groups is 1. The second-order valence-electron chi connectivity index (χ2n) is 32.3. The monoisotopic (exact) mass is 1760 g/mol. The number of aromatic nitrogens is 5. The first-order chi connectivity index (χ1) is 63.2. The summed E-state index contributed by atoms with van der Waals surface area (Å²) in [4.78, 5) is 49.2. The number of furan rings is 1. The summed E-state index contributed by atoms with van der Waals surface area (Å²) < 4.78 is 68.3. The third kappa shape index (κ3) is 16.7. The van der Waals surface area contributed by atoms with E-state index in [9.17, 15) is 39.1 Å². The number of nitrogens with zero attached hydrogens (tertiary/aromatic N) is 3. The van der Waals surface area contributed by atoms with Gasteiger partial charge in [-0.2, -0.15) is 0 Å². The SMILES string of the molecule is Clc1cccc(C2OCCc3c2[nH]c2ccccc32)c1.Fc1ccc(F)c(C2OCCc3c2[nH]c2ccccc32)c1.O=[N+]([O-])c1cccc(C2NCCc3c2oc2ccccc32)c1.O=[N+]([O-])c1cccc(C2OCCc3c2[nH]c2ccccc32)c1.O=[N+]([O-])c1cccc(C2SCCc3c2[nH]c2ccccc32)c1.c1cc2c(c(C3OCCc4c3[nH]c3ccccc43)c1)OCO2. The summed E-state index contributed by atoms with van der Waals surface area (Å²) in [7, 11) is 0. The van der Waals surface area contributed by atoms with Gasteiger partial charge in [0.15, 0.2) is 11.5 Å². The quantitative estimate of drug-likeness (QED) is 0.0578. The van der Waals surface area contributed by atoms with Crippen LogP contribution in [-0.2, 0) is 57.5 Å². The molecule has 646 valence electrons. The minimum Gasteiger partial charge on any atom is -0.459 e. The molecule has 7 aliphatic heterocycles. The van der Waals surface area contributed by atoms with Gasteiger partial charge >= 0.3 is 0 Å². The van der Waals surface area contributed by atoms with Gasteiger partial charge in [-0.25, -0.2) is 8.78 Å². The fourth-order valence-electron chi connectivity index (χ4n) is 18.9. The molecule has 0 saturated heterocycles. The van der Waals surface area contributed by atoms with Crippen molar-refractivity contribution in [1.82, 2.24) is 30.2 Å². The fourth-order valence-corrected chi connectivity index (χ4v) is 20.4. The average Bonchev–Trinajstić information content (AvgIpc) is 1.62. The Morgan fingerprint density at radius 3 is 1.31 bits per heavy atom. The number of halogens is 3. The van der Waals surface area contributed by atoms with Crippen molar-refractivity contribution in [1.29, 1.82) is 0 Å². The maximum atomic E-state index is 14.0. The van der Waals surface area contributed by atoms with Crippen LogP contribution in [0.15, 0.2) is 283 Å². The minimum atomic E-state index is -0.586. The fraction of sp³-hybridized carbons (Fsp3) is 0.184. The number of aryl methyl sites for hydroxylation is 1. The Kier molecular flexibility index (Phi) is 23.5. The van der Waals surface area contributed by atoms with Crippen LogP contribution in [-0.4, -0.2) is 85.2 Å². The summed E-state index contributed by atoms with van der Waals surface area (Å²) in [5.74, 6) is 2.59. The molecular formula is C103H84ClF2N9O13S. The van der Waals surface area contributed by atoms with E-state index >= 15 is 0 Å². The Morgan fingerprint density at radius 1 is 0.372 bits per heavy atom. The van der Waals surface area contributed by atoms with Crippen molar-refractivity contribution in [3.8, 4) is 11.5 Å². The second kappa shape index (κ2) is 36.4. The number of para-hydroxylation sites is 7. The van der Waals surface area contributed by atoms with Gasteiger partial charge in [-0.1, -0.05) is 181 Å². The van der Waals surface area contributed by atoms with Crippen molar-refractivity contribution in [2.75, 3.05) is 45.5 Å². The van der Waals surface area contributed by atoms with Crippen LogP contribution < -0.4 is 14.8 Å². The Hall–Kier alpha value is -14.0. The molecule has 6 atom stereocenters. The summed E-state index contributed by atoms with van der Waals surface area (Å²) in [6.45, 7) is 3.66. The molecule has 0 aliphatic carbocycles. The van der Waals surface area contributed by atoms with Gasteiger partial charge in [-0.15, -0.1) is 11.8 Å². The molecular weight excluding hydrogens is 1680 g/mol. The molecule has 6 aromatic heterocycles. The number of nitro benzene ring substituents is 3. The molecule has 18 aromatic rings. The first-order valence-corrected chi connectivity index (χ1v) is 44.2. The highest BCUT2D eigenvalue weighted by molar-refractivity contribution is 7.99. The highest BCUT2D eigenvalue weighted by Crippen LogP contribution is 2.49. The van der Waals surface area contributed by atoms with Gasteiger partial charge in [-0.05, 0) is 167 Å². The van der Waals surface area contributed by atoms with Gasteiger partial charge in [0, 0.05) is 130 Å². The molecule has 0 radical (unpaired) electrons. The standard InChI is InChI=1S/C18H15NO3.C17H14ClNO.C17H13F2NO.2C17H14N2O3.C17H14N2O2S/c1-2-6-14-11(4-1)12-8-9-20-18(16(12)19-14)13-5-3-7-15-17(13)22-10-21-15;18-12-5-3-4-11(10-12)17-16-14(8-9-20-17)13-6-1-2-7-15(13)19-16;18-10-5-6-14(19)13(9-10)17-16-12(7-8-21-17)11-3-1-2-4-15(11)20-16;20-19(21)12-5-3-4-11(10-12)17-16-14(8-9-22-17)13-6-1-2-7-15(13)18-16;20-19(21)12-5-3-4-11(10-12)16-17-14(8-9-18-16)13-6-1-2-7-15(13)22-17;20-19(21)12-5-3-4-11(10-12)17-16-14(8-9-22-17)13-6-1-2-7-15(13)18-16/h1-7,18-19H,8-10H2;1-7,10,17,19H,8-9H2;1-6,9,17,20H,7-8H2;1-7,10,17-18H,8-9H2;1-7,10,16,18H,8-9H2;1-7,10,17-18H,8-9H2. The second-order valence-corrected chi connectivity index (χ2v) is 33.9. The number of benzene rings is 12. The van der Waals surface area contributed by atoms with E-state index < -0.39 is 17.7 Å². The number of nitro groups is 3. The van der Waals surface area contributed by atoms with Gasteiger partial charge < -0.3 is 63.1 Å². The van der Waals surface area contributed by atoms with Crippen molar-refractivity contribution < 1.29 is 56.4 Å². The lowest BCUT2D eigenvalue weighted by Crippen LogP contribution is -2.29. The number of non-ortho nitro benzene ring substituents is 3. The van der Waals surface area contributed by atoms with Gasteiger partial charge in [0.1, 0.15) is 47.4 Å². The van der Waals surface area contributed by atoms with Crippen molar-refractivity contribution >= 4 is 106 Å². The van der Waals surface area contributed by atoms with E-state index in [4.69, 9.17) is 44.4 Å². The van der Waals surface area contributed by atoms with Crippen LogP contribution in [0.25, 0.3) is 65.5 Å². The predicted octanol–water partition coefficient (Wildman–Crippen LogP) is 23.9. The molecule has 25 rings (SSSR count). The molecule has 26 heteroatoms. The molecule has 0 spiro atoms. The zero-order valence-corrected chi connectivity index (χ0v) is 71.0. The lowest BCUT2D eigenvalue weighted by molar-refractivity contribution is -0.385. The molecule has 13 heterocycles. The Morgan fingerprint density at radius 2 is 0.791 bits per heavy atom. The van der Waals surface area contributed by atoms with E-state index in [-0.39, 0.29) is 73.8 Å². The van der Waals surface area contributed by atoms with Gasteiger partial charge in [0.05, 0.1) is 75.3 Å². The molecule has 6 N–H and O–H groups in total. The molecule has 22 nitrogen and oxygen atoms in total. The highest BCUT2D eigenvalue weighted by atomic mass is 35.5. The van der Waals surface area contributed by atoms with E-state index in [0.717, 1.165) is 181 Å². The van der Waals surface area contributed by atoms with Crippen LogP contribution in [0.1, 0.15) is 137 Å². The summed E-state index contributed by atoms with van der Waals surface area (Å²) in [5, 5.41) is 44.6. The molecule has 129 heavy (non-hydrogen) atoms. The molecule has 0 fully saturated rings. The molecule has 6 unspecified atom stereocenters. The third-order valence-electron chi connectivity index (χ3n) is 24.7. The van der Waals surface area contributed by atoms with Crippen LogP contribution in [0.3, 0.4) is 0 Å². The highest BCUT2D eigenvalue weighted by Gasteiger charge is 2.36. The lowest BCUT2D eigenvalue weighted by atomic mass is 9.94. The average molecular weight is 1760 g/mol. The van der Waals surface area contributed by atoms with E-state index in [0.29, 0.717) is 19.8 Å². The summed E-state index contributed by atoms with van der Waals surface area (Å²) in [5.41, 5.74) is 24.8. The lowest BCUT2D eigenvalue weighted by Gasteiger charge is -2.24. The van der Waals surface area contributed by atoms with Crippen molar-refractivity contribution in [3.05, 3.63) is 427 Å². The van der Waals surface area contributed by atoms with Crippen LogP contribution >= 0.6 is 23.4 Å². The number of H-pyrrole nitrogens is 5. The molecule has 0 amide bonds. The number of fused-ring (bicyclic) bond motifs is 19. The topological polar surface area (TPSA) is 289 Å². The number of hydrogen-bond acceptors (Lipinski definition) is 15. The molecule has 12 aromatic carbocycles. The summed E-state index contributed by atoms with van der Waals surface area (Å²) >= 11 is 7.94. The number of nitrogens with one attached hydrogen (secondary N) is 6. The Labute approximate surface area is 746 Å². The minimum absolute atomic E-state index is 0.0511. The number of ether oxygens (including phenoxy) is 6. The zero-order chi connectivity index (χ0) is 87.8. The number of aromatic amines is 5. The summed E-state index contributed by atoms with van der Waals surface area (Å²) in [6.07, 6.45) is 4.40. The molecule has 7 aliphatic rings. The Bertz CT molecular complexity index is 6960. The van der Waals surface area contributed by atoms with E-state index in [1.54, 1.807) is 42.5 Å². The largest absolute Gasteiger partial charge is 0.459 e. The maximum absolute atomic E-state index is 14.0. The zero-order valence-electron chi connectivity index (χ0n) is 69.4. The van der Waals surface area contributed by atoms with Gasteiger partial charge in [-0.3, -0.25) is 30.3 Å². The normalized spacial score (nSPS) is 17.9. The third-order valence-corrected chi connectivity index (χ3v) is 26.2. The van der Waals surface area contributed by atoms with Gasteiger partial charge in [0.2, 0.25) is 6.79 Å². The van der Waals surface area contributed by atoms with E-state index in [2.05, 4.69) is 121 Å². The van der Waals surface area contributed by atoms with Crippen molar-refractivity contribution in [2.24, 2.45) is 0 Å². The summed E-state index contributed by atoms with van der Waals surface area (Å²) in [6, 6.07) is 86.8. The van der Waals surface area contributed by atoms with Crippen molar-refractivity contribution in [3.63, 3.8) is 0 Å². The van der Waals surface area contributed by atoms with Crippen LogP contribution in [0.2, 0.25) is 5.02 Å². The number of hydrogen-bond donors (Lipinski definition) is 6. The molecule has 0 saturated carbocycles. The molecule has 0 bridgehead atoms. The first-order valence-electron chi connectivity index (χ1n) is 42.8. The van der Waals surface area contributed by atoms with Crippen LogP contribution in [0.4, 0.5) is 25.8 Å². The number of rotatable bonds is 9. The maximum Gasteiger partial charge on any atom is 0.269 e. The van der Waals surface area contributed by atoms with Gasteiger partial charge in [0.25, 0.3) is 17.1 Å². The van der Waals surface area contributed by atoms with Crippen LogP contribution in [0.5, 0.6) is 11.5 Å². The van der Waals surface area contributed by atoms with E-state index in [1.807, 2.05) is 127 Å². The van der Waals surface area contributed by atoms with Crippen molar-refractivity contribution in [2.45, 2.75) is 74.2 Å². The first kappa shape index (κ1) is 83.2. The predicted molar refractivity (Wildman–Crippen MR) is 495 cm³/mol. The Balaban J connectivity index is 0.0000000971. The van der Waals surface area contributed by atoms with E-state index in [1.165, 1.54) is 84.5 Å². The smallest absolute Gasteiger partial charge is 0.269 e.